The molecule has 45 heavy (non-hydrogen) atoms. The smallest absolute Gasteiger partial charge is 0.308 e. The van der Waals surface area contributed by atoms with E-state index in [1.165, 1.54) is 18.1 Å². The van der Waals surface area contributed by atoms with E-state index in [0.717, 1.165) is 62.1 Å². The van der Waals surface area contributed by atoms with Gasteiger partial charge in [0.1, 0.15) is 17.6 Å². The molecule has 4 aliphatic rings. The van der Waals surface area contributed by atoms with Crippen LogP contribution in [0, 0.1) is 23.7 Å². The number of ether oxygens (including phenoxy) is 2. The molecule has 7 rings (SSSR count). The van der Waals surface area contributed by atoms with E-state index in [9.17, 15) is 9.59 Å². The Morgan fingerprint density at radius 2 is 1.80 bits per heavy atom. The van der Waals surface area contributed by atoms with Crippen LogP contribution in [-0.2, 0) is 27.8 Å². The molecule has 3 aromatic rings. The molecule has 5 atom stereocenters. The summed E-state index contributed by atoms with van der Waals surface area (Å²) in [7, 11) is 0. The number of benzene rings is 3. The van der Waals surface area contributed by atoms with Gasteiger partial charge in [-0.3, -0.25) is 14.5 Å². The number of likely N-dealkylation sites (tertiary alicyclic amines) is 1. The normalized spacial score (nSPS) is 25.9. The molecule has 0 aromatic heterocycles. The fraction of sp³-hybridized carbons (Fsp3) is 0.436. The van der Waals surface area contributed by atoms with Crippen LogP contribution in [0.4, 0.5) is 0 Å². The maximum atomic E-state index is 13.9. The van der Waals surface area contributed by atoms with Gasteiger partial charge in [0.05, 0.1) is 6.04 Å². The van der Waals surface area contributed by atoms with Crippen LogP contribution in [0.25, 0.3) is 0 Å². The highest BCUT2D eigenvalue weighted by molar-refractivity contribution is 5.94. The van der Waals surface area contributed by atoms with Gasteiger partial charge in [-0.05, 0) is 80.3 Å². The molecule has 6 nitrogen and oxygen atoms in total. The lowest BCUT2D eigenvalue weighted by Crippen LogP contribution is -2.69. The van der Waals surface area contributed by atoms with Crippen molar-refractivity contribution in [3.63, 3.8) is 0 Å². The van der Waals surface area contributed by atoms with Crippen LogP contribution < -0.4 is 9.47 Å². The highest BCUT2D eigenvalue weighted by Gasteiger charge is 2.66. The Morgan fingerprint density at radius 1 is 1.04 bits per heavy atom. The van der Waals surface area contributed by atoms with Gasteiger partial charge in [-0.25, -0.2) is 0 Å². The highest BCUT2D eigenvalue weighted by atomic mass is 16.5. The maximum Gasteiger partial charge on any atom is 0.308 e. The highest BCUT2D eigenvalue weighted by Crippen LogP contribution is 2.64. The van der Waals surface area contributed by atoms with Crippen molar-refractivity contribution in [2.45, 2.75) is 76.5 Å². The van der Waals surface area contributed by atoms with Gasteiger partial charge < -0.3 is 14.4 Å². The number of esters is 1. The minimum Gasteiger partial charge on any atom is -0.487 e. The number of piperidine rings is 1. The molecule has 0 N–H and O–H groups in total. The van der Waals surface area contributed by atoms with E-state index in [2.05, 4.69) is 60.9 Å². The van der Waals surface area contributed by atoms with Gasteiger partial charge in [-0.2, -0.15) is 0 Å². The van der Waals surface area contributed by atoms with E-state index in [0.29, 0.717) is 24.3 Å². The zero-order chi connectivity index (χ0) is 31.1. The zero-order valence-corrected chi connectivity index (χ0v) is 26.5. The molecule has 0 unspecified atom stereocenters. The number of hydrogen-bond donors (Lipinski definition) is 0. The summed E-state index contributed by atoms with van der Waals surface area (Å²) in [6.07, 6.45) is 4.52. The predicted molar refractivity (Wildman–Crippen MR) is 174 cm³/mol. The Kier molecular flexibility index (Phi) is 7.91. The van der Waals surface area contributed by atoms with Gasteiger partial charge in [0.15, 0.2) is 0 Å². The van der Waals surface area contributed by atoms with Crippen molar-refractivity contribution in [1.82, 2.24) is 9.80 Å². The first-order chi connectivity index (χ1) is 21.8. The molecule has 0 radical (unpaired) electrons. The number of amides is 1. The lowest BCUT2D eigenvalue weighted by Gasteiger charge is -2.60. The third kappa shape index (κ3) is 5.32. The SMILES string of the molecule is CC(=O)Oc1ccc2c3c1C[C@@H]1[C@@H]4CC[C@@H](N(CC(C)C)C(=O)C#Cc5ccccc5)[C@H](O2)[C@]34CCN1CCc1ccccc1. The number of rotatable bonds is 7. The third-order valence-electron chi connectivity index (χ3n) is 10.5. The van der Waals surface area contributed by atoms with Crippen LogP contribution in [-0.4, -0.2) is 59.5 Å². The summed E-state index contributed by atoms with van der Waals surface area (Å²) in [5, 5.41) is 0. The molecule has 1 saturated carbocycles. The van der Waals surface area contributed by atoms with Crippen LogP contribution in [0.2, 0.25) is 0 Å². The minimum absolute atomic E-state index is 0.0896. The fourth-order valence-corrected chi connectivity index (χ4v) is 8.84. The first kappa shape index (κ1) is 29.6. The molecule has 2 fully saturated rings. The molecular formula is C39H42N2O4. The summed E-state index contributed by atoms with van der Waals surface area (Å²) in [4.78, 5) is 30.8. The summed E-state index contributed by atoms with van der Waals surface area (Å²) in [6.45, 7) is 8.37. The largest absolute Gasteiger partial charge is 0.487 e. The second kappa shape index (κ2) is 12.0. The monoisotopic (exact) mass is 602 g/mol. The number of nitrogens with zero attached hydrogens (tertiary/aromatic N) is 2. The average molecular weight is 603 g/mol. The quantitative estimate of drug-likeness (QED) is 0.195. The molecular weight excluding hydrogens is 560 g/mol. The van der Waals surface area contributed by atoms with E-state index < -0.39 is 0 Å². The molecule has 2 heterocycles. The van der Waals surface area contributed by atoms with Crippen molar-refractivity contribution in [3.8, 4) is 23.3 Å². The Hall–Kier alpha value is -4.08. The van der Waals surface area contributed by atoms with Crippen LogP contribution in [0.1, 0.15) is 62.3 Å². The first-order valence-electron chi connectivity index (χ1n) is 16.5. The average Bonchev–Trinajstić information content (AvgIpc) is 3.37. The Balaban J connectivity index is 1.26. The number of carbonyl (C=O) groups excluding carboxylic acids is 2. The van der Waals surface area contributed by atoms with Gasteiger partial charge in [-0.15, -0.1) is 0 Å². The third-order valence-corrected chi connectivity index (χ3v) is 10.5. The summed E-state index contributed by atoms with van der Waals surface area (Å²) in [6, 6.07) is 24.5. The molecule has 2 bridgehead atoms. The lowest BCUT2D eigenvalue weighted by atomic mass is 9.50. The van der Waals surface area contributed by atoms with Crippen LogP contribution >= 0.6 is 0 Å². The lowest BCUT2D eigenvalue weighted by molar-refractivity contribution is -0.138. The second-order valence-corrected chi connectivity index (χ2v) is 13.6. The summed E-state index contributed by atoms with van der Waals surface area (Å²) < 4.78 is 12.8. The molecule has 2 aliphatic carbocycles. The van der Waals surface area contributed by atoms with Crippen molar-refractivity contribution in [2.24, 2.45) is 11.8 Å². The minimum atomic E-state index is -0.306. The van der Waals surface area contributed by atoms with Crippen LogP contribution in [0.5, 0.6) is 11.5 Å². The van der Waals surface area contributed by atoms with Crippen LogP contribution in [0.3, 0.4) is 0 Å². The maximum absolute atomic E-state index is 13.9. The van der Waals surface area contributed by atoms with Crippen molar-refractivity contribution in [2.75, 3.05) is 19.6 Å². The van der Waals surface area contributed by atoms with Crippen molar-refractivity contribution < 1.29 is 19.1 Å². The second-order valence-electron chi connectivity index (χ2n) is 13.6. The van der Waals surface area contributed by atoms with E-state index in [4.69, 9.17) is 9.47 Å². The molecule has 1 saturated heterocycles. The summed E-state index contributed by atoms with van der Waals surface area (Å²) in [5.74, 6) is 7.88. The van der Waals surface area contributed by atoms with Gasteiger partial charge in [-0.1, -0.05) is 68.3 Å². The van der Waals surface area contributed by atoms with Crippen LogP contribution in [0.15, 0.2) is 72.8 Å². The Labute approximate surface area is 266 Å². The number of carbonyl (C=O) groups is 2. The van der Waals surface area contributed by atoms with Gasteiger partial charge in [0.25, 0.3) is 5.91 Å². The molecule has 2 aliphatic heterocycles. The van der Waals surface area contributed by atoms with E-state index in [1.807, 2.05) is 47.4 Å². The molecule has 1 amide bonds. The molecule has 3 aromatic carbocycles. The zero-order valence-electron chi connectivity index (χ0n) is 26.5. The van der Waals surface area contributed by atoms with Crippen molar-refractivity contribution in [3.05, 3.63) is 95.1 Å². The van der Waals surface area contributed by atoms with Gasteiger partial charge in [0, 0.05) is 54.1 Å². The Bertz CT molecular complexity index is 1640. The summed E-state index contributed by atoms with van der Waals surface area (Å²) in [5.41, 5.74) is 4.29. The standard InChI is InChI=1S/C39H42N2O4/c1-26(2)25-41(36(43)19-14-28-10-6-4-7-11-28)32-16-15-31-33-24-30-34(44-27(3)42)17-18-35-37(30)39(31,38(32)45-35)21-23-40(33)22-20-29-12-8-5-9-13-29/h4-13,17-18,26,31-33,38H,15-16,20-25H2,1-3H3/t31-,32+,33+,38-,39-/m0/s1. The van der Waals surface area contributed by atoms with Crippen molar-refractivity contribution >= 4 is 11.9 Å². The van der Waals surface area contributed by atoms with Gasteiger partial charge in [0.2, 0.25) is 0 Å². The predicted octanol–water partition coefficient (Wildman–Crippen LogP) is 5.80. The van der Waals surface area contributed by atoms with Gasteiger partial charge >= 0.3 is 5.97 Å². The first-order valence-corrected chi connectivity index (χ1v) is 16.5. The number of hydrogen-bond acceptors (Lipinski definition) is 5. The summed E-state index contributed by atoms with van der Waals surface area (Å²) >= 11 is 0. The topological polar surface area (TPSA) is 59.1 Å². The molecule has 6 heteroatoms. The molecule has 1 spiro atoms. The van der Waals surface area contributed by atoms with Crippen molar-refractivity contribution in [1.29, 1.82) is 0 Å². The van der Waals surface area contributed by atoms with E-state index >= 15 is 0 Å². The van der Waals surface area contributed by atoms with E-state index in [-0.39, 0.29) is 35.4 Å². The molecule has 232 valence electrons. The van der Waals surface area contributed by atoms with E-state index in [1.54, 1.807) is 0 Å². The Morgan fingerprint density at radius 3 is 2.53 bits per heavy atom. The fourth-order valence-electron chi connectivity index (χ4n) is 8.84.